The van der Waals surface area contributed by atoms with Crippen LogP contribution in [-0.4, -0.2) is 36.6 Å². The number of halogens is 5. The van der Waals surface area contributed by atoms with Gasteiger partial charge in [-0.3, -0.25) is 4.98 Å². The number of aromatic nitrogens is 6. The minimum Gasteiger partial charge on any atom is -0.492 e. The summed E-state index contributed by atoms with van der Waals surface area (Å²) in [5.41, 5.74) is -1.01. The Labute approximate surface area is 190 Å². The molecule has 3 heterocycles. The first-order valence-electron chi connectivity index (χ1n) is 10.1. The topological polar surface area (TPSA) is 81.5 Å². The maximum Gasteiger partial charge on any atom is 0.437 e. The third-order valence-corrected chi connectivity index (χ3v) is 4.86. The summed E-state index contributed by atoms with van der Waals surface area (Å²) in [6.45, 7) is 3.99. The number of H-pyrrole nitrogens is 1. The quantitative estimate of drug-likeness (QED) is 0.382. The Bertz CT molecular complexity index is 1330. The molecule has 0 aliphatic rings. The van der Waals surface area contributed by atoms with Gasteiger partial charge in [0.1, 0.15) is 28.8 Å². The summed E-state index contributed by atoms with van der Waals surface area (Å²) in [7, 11) is 1.60. The highest BCUT2D eigenvalue weighted by Crippen LogP contribution is 2.40. The van der Waals surface area contributed by atoms with Gasteiger partial charge in [0, 0.05) is 30.9 Å². The first kappa shape index (κ1) is 23.3. The van der Waals surface area contributed by atoms with Gasteiger partial charge in [0.05, 0.1) is 29.9 Å². The highest BCUT2D eigenvalue weighted by molar-refractivity contribution is 5.82. The van der Waals surface area contributed by atoms with Crippen LogP contribution in [0.1, 0.15) is 19.5 Å². The van der Waals surface area contributed by atoms with E-state index in [0.717, 1.165) is 12.1 Å². The van der Waals surface area contributed by atoms with Gasteiger partial charge in [0.2, 0.25) is 0 Å². The fraction of sp³-hybridized carbons (Fsp3) is 0.273. The van der Waals surface area contributed by atoms with E-state index in [0.29, 0.717) is 0 Å². The lowest BCUT2D eigenvalue weighted by atomic mass is 10.0. The molecule has 0 saturated heterocycles. The SMILES string of the molecule is CC(C)COc1cc(F)cc(F)c1-c1c(-c2cc(-c3n[nH]nc3C(F)(F)F)ccn2)ncn1C. The van der Waals surface area contributed by atoms with Crippen LogP contribution in [0, 0.1) is 17.6 Å². The molecule has 0 fully saturated rings. The normalized spacial score (nSPS) is 11.9. The molecule has 0 saturated carbocycles. The molecule has 0 aliphatic carbocycles. The van der Waals surface area contributed by atoms with Crippen LogP contribution in [0.4, 0.5) is 22.0 Å². The summed E-state index contributed by atoms with van der Waals surface area (Å²) >= 11 is 0. The van der Waals surface area contributed by atoms with Crippen LogP contribution in [0.2, 0.25) is 0 Å². The molecule has 0 amide bonds. The standard InChI is InChI=1S/C22H19F5N6O/c1-11(2)9-34-16-8-13(23)7-14(24)17(16)20-19(29-10-33(20)3)15-6-12(4-5-28-15)18-21(22(25,26)27)31-32-30-18/h4-8,10-11H,9H2,1-3H3,(H,30,31,32). The van der Waals surface area contributed by atoms with Crippen molar-refractivity contribution in [3.63, 3.8) is 0 Å². The number of imidazole rings is 1. The predicted molar refractivity (Wildman–Crippen MR) is 113 cm³/mol. The van der Waals surface area contributed by atoms with Crippen LogP contribution >= 0.6 is 0 Å². The molecule has 4 aromatic rings. The van der Waals surface area contributed by atoms with Crippen LogP contribution < -0.4 is 4.74 Å². The van der Waals surface area contributed by atoms with Crippen molar-refractivity contribution in [2.24, 2.45) is 13.0 Å². The van der Waals surface area contributed by atoms with Crippen LogP contribution in [0.5, 0.6) is 5.75 Å². The van der Waals surface area contributed by atoms with E-state index in [1.807, 2.05) is 19.1 Å². The largest absolute Gasteiger partial charge is 0.492 e. The molecule has 0 unspecified atom stereocenters. The number of hydrogen-bond acceptors (Lipinski definition) is 5. The van der Waals surface area contributed by atoms with Crippen molar-refractivity contribution in [3.05, 3.63) is 54.1 Å². The molecular weight excluding hydrogens is 459 g/mol. The van der Waals surface area contributed by atoms with Gasteiger partial charge in [-0.1, -0.05) is 13.8 Å². The number of rotatable bonds is 6. The molecule has 0 atom stereocenters. The van der Waals surface area contributed by atoms with Gasteiger partial charge in [-0.2, -0.15) is 28.6 Å². The Kier molecular flexibility index (Phi) is 6.07. The van der Waals surface area contributed by atoms with Gasteiger partial charge in [-0.05, 0) is 18.1 Å². The zero-order valence-corrected chi connectivity index (χ0v) is 18.3. The lowest BCUT2D eigenvalue weighted by Crippen LogP contribution is -2.08. The molecule has 7 nitrogen and oxygen atoms in total. The number of alkyl halides is 3. The number of pyridine rings is 1. The molecule has 4 rings (SSSR count). The van der Waals surface area contributed by atoms with E-state index in [1.54, 1.807) is 7.05 Å². The first-order chi connectivity index (χ1) is 16.1. The van der Waals surface area contributed by atoms with Crippen LogP contribution in [0.3, 0.4) is 0 Å². The van der Waals surface area contributed by atoms with Crippen molar-refractivity contribution in [2.75, 3.05) is 6.61 Å². The Hall–Kier alpha value is -3.83. The van der Waals surface area contributed by atoms with E-state index < -0.39 is 29.2 Å². The number of nitrogens with one attached hydrogen (secondary N) is 1. The van der Waals surface area contributed by atoms with E-state index >= 15 is 4.39 Å². The zero-order chi connectivity index (χ0) is 24.6. The van der Waals surface area contributed by atoms with Gasteiger partial charge >= 0.3 is 6.18 Å². The molecule has 0 bridgehead atoms. The van der Waals surface area contributed by atoms with Crippen LogP contribution in [-0.2, 0) is 13.2 Å². The van der Waals surface area contributed by atoms with E-state index in [1.165, 1.54) is 29.2 Å². The van der Waals surface area contributed by atoms with Crippen molar-refractivity contribution in [1.29, 1.82) is 0 Å². The number of aryl methyl sites for hydroxylation is 1. The van der Waals surface area contributed by atoms with Crippen molar-refractivity contribution in [1.82, 2.24) is 29.9 Å². The molecule has 0 radical (unpaired) electrons. The second-order valence-electron chi connectivity index (χ2n) is 7.97. The molecule has 3 aromatic heterocycles. The van der Waals surface area contributed by atoms with Gasteiger partial charge < -0.3 is 9.30 Å². The maximum atomic E-state index is 15.0. The minimum atomic E-state index is -4.72. The Morgan fingerprint density at radius 1 is 1.06 bits per heavy atom. The number of aromatic amines is 1. The molecule has 34 heavy (non-hydrogen) atoms. The molecule has 1 N–H and O–H groups in total. The second kappa shape index (κ2) is 8.84. The van der Waals surface area contributed by atoms with Crippen molar-refractivity contribution in [3.8, 4) is 39.7 Å². The first-order valence-corrected chi connectivity index (χ1v) is 10.1. The monoisotopic (exact) mass is 478 g/mol. The second-order valence-corrected chi connectivity index (χ2v) is 7.97. The van der Waals surface area contributed by atoms with E-state index in [4.69, 9.17) is 4.74 Å². The Balaban J connectivity index is 1.85. The maximum absolute atomic E-state index is 15.0. The molecule has 178 valence electrons. The van der Waals surface area contributed by atoms with E-state index in [2.05, 4.69) is 20.2 Å². The number of benzene rings is 1. The predicted octanol–water partition coefficient (Wildman–Crippen LogP) is 5.27. The van der Waals surface area contributed by atoms with Crippen molar-refractivity contribution >= 4 is 0 Å². The van der Waals surface area contributed by atoms with Gasteiger partial charge in [0.25, 0.3) is 0 Å². The molecule has 0 spiro atoms. The summed E-state index contributed by atoms with van der Waals surface area (Å²) in [6, 6.07) is 4.49. The summed E-state index contributed by atoms with van der Waals surface area (Å²) in [6.07, 6.45) is -2.04. The van der Waals surface area contributed by atoms with Gasteiger partial charge in [-0.15, -0.1) is 0 Å². The Morgan fingerprint density at radius 2 is 1.82 bits per heavy atom. The summed E-state index contributed by atoms with van der Waals surface area (Å²) in [5.74, 6) is -1.62. The smallest absolute Gasteiger partial charge is 0.437 e. The lowest BCUT2D eigenvalue weighted by Gasteiger charge is -2.16. The van der Waals surface area contributed by atoms with Crippen LogP contribution in [0.15, 0.2) is 36.8 Å². The third-order valence-electron chi connectivity index (χ3n) is 4.86. The highest BCUT2D eigenvalue weighted by atomic mass is 19.4. The van der Waals surface area contributed by atoms with Gasteiger partial charge in [0.15, 0.2) is 5.69 Å². The average Bonchev–Trinajstić information content (AvgIpc) is 3.39. The molecule has 0 aliphatic heterocycles. The summed E-state index contributed by atoms with van der Waals surface area (Å²) in [4.78, 5) is 8.48. The fourth-order valence-electron chi connectivity index (χ4n) is 3.40. The fourth-order valence-corrected chi connectivity index (χ4v) is 3.40. The van der Waals surface area contributed by atoms with E-state index in [9.17, 15) is 17.6 Å². The number of ether oxygens (including phenoxy) is 1. The van der Waals surface area contributed by atoms with Crippen molar-refractivity contribution < 1.29 is 26.7 Å². The zero-order valence-electron chi connectivity index (χ0n) is 18.3. The average molecular weight is 478 g/mol. The summed E-state index contributed by atoms with van der Waals surface area (Å²) < 4.78 is 76.1. The van der Waals surface area contributed by atoms with Crippen molar-refractivity contribution in [2.45, 2.75) is 20.0 Å². The van der Waals surface area contributed by atoms with Crippen LogP contribution in [0.25, 0.3) is 33.9 Å². The van der Waals surface area contributed by atoms with Gasteiger partial charge in [-0.25, -0.2) is 13.8 Å². The summed E-state index contributed by atoms with van der Waals surface area (Å²) in [5, 5.41) is 8.81. The third kappa shape index (κ3) is 4.47. The van der Waals surface area contributed by atoms with E-state index in [-0.39, 0.29) is 46.5 Å². The molecular formula is C22H19F5N6O. The number of nitrogens with zero attached hydrogens (tertiary/aromatic N) is 5. The lowest BCUT2D eigenvalue weighted by molar-refractivity contribution is -0.140. The Morgan fingerprint density at radius 3 is 2.53 bits per heavy atom. The molecule has 12 heteroatoms. The number of hydrogen-bond donors (Lipinski definition) is 1. The highest BCUT2D eigenvalue weighted by Gasteiger charge is 2.38. The molecule has 1 aromatic carbocycles. The minimum absolute atomic E-state index is 0.0249.